The number of aldehydes is 1. The highest BCUT2D eigenvalue weighted by molar-refractivity contribution is 6.23. The van der Waals surface area contributed by atoms with Crippen molar-refractivity contribution in [2.75, 3.05) is 25.0 Å². The number of nitrogens with zero attached hydrogens (tertiary/aromatic N) is 4. The van der Waals surface area contributed by atoms with E-state index >= 15 is 0 Å². The molecule has 0 spiro atoms. The van der Waals surface area contributed by atoms with Gasteiger partial charge in [-0.3, -0.25) is 24.0 Å². The van der Waals surface area contributed by atoms with Crippen LogP contribution in [0.2, 0.25) is 0 Å². The lowest BCUT2D eigenvalue weighted by molar-refractivity contribution is -0.124. The molecule has 1 N–H and O–H groups in total. The largest absolute Gasteiger partial charge is 0.369 e. The Bertz CT molecular complexity index is 1290. The zero-order chi connectivity index (χ0) is 25.4. The predicted octanol–water partition coefficient (Wildman–Crippen LogP) is 1.96. The van der Waals surface area contributed by atoms with Crippen LogP contribution in [0.5, 0.6) is 0 Å². The molecule has 0 bridgehead atoms. The Morgan fingerprint density at radius 3 is 2.67 bits per heavy atom. The molecule has 1 aliphatic carbocycles. The maximum Gasteiger partial charge on any atom is 0.262 e. The van der Waals surface area contributed by atoms with Gasteiger partial charge in [-0.15, -0.1) is 0 Å². The monoisotopic (exact) mass is 487 g/mol. The number of rotatable bonds is 7. The van der Waals surface area contributed by atoms with Crippen LogP contribution in [0.3, 0.4) is 0 Å². The Hall–Kier alpha value is -3.93. The van der Waals surface area contributed by atoms with Gasteiger partial charge in [0.05, 0.1) is 34.3 Å². The molecule has 1 saturated heterocycles. The molecule has 2 fully saturated rings. The second-order valence-corrected chi connectivity index (χ2v) is 9.98. The van der Waals surface area contributed by atoms with Crippen LogP contribution < -0.4 is 10.2 Å². The Balaban J connectivity index is 1.25. The van der Waals surface area contributed by atoms with Crippen LogP contribution in [0.4, 0.5) is 5.69 Å². The van der Waals surface area contributed by atoms with Gasteiger partial charge in [-0.2, -0.15) is 5.10 Å². The highest BCUT2D eigenvalue weighted by atomic mass is 16.2. The van der Waals surface area contributed by atoms with Gasteiger partial charge >= 0.3 is 0 Å². The van der Waals surface area contributed by atoms with Gasteiger partial charge in [0.25, 0.3) is 11.8 Å². The van der Waals surface area contributed by atoms with Crippen LogP contribution >= 0.6 is 0 Å². The van der Waals surface area contributed by atoms with Crippen molar-refractivity contribution >= 4 is 29.7 Å². The summed E-state index contributed by atoms with van der Waals surface area (Å²) in [6.45, 7) is 3.68. The van der Waals surface area contributed by atoms with Crippen LogP contribution in [-0.4, -0.2) is 64.9 Å². The second-order valence-electron chi connectivity index (χ2n) is 9.98. The summed E-state index contributed by atoms with van der Waals surface area (Å²) in [5, 5.41) is 6.97. The fraction of sp³-hybridized carbons (Fsp3) is 0.444. The first-order valence-electron chi connectivity index (χ1n) is 12.3. The standard InChI is InChI=1S/C27H29N5O4/c1-27(10-4-11-27)31-17-18(14-29-31)6-7-19-15-30(16-19)20-8-9-21-22(13-20)26(36)32(25(21)35)23(5-3-12-33)24(34)28-2/h8-9,12-14,17,19,23H,3-5,10-11,15-16H2,1-2H3,(H,28,34). The zero-order valence-electron chi connectivity index (χ0n) is 20.5. The minimum absolute atomic E-state index is 0.0764. The number of anilines is 1. The molecule has 1 aromatic carbocycles. The molecular weight excluding hydrogens is 458 g/mol. The van der Waals surface area contributed by atoms with Gasteiger partial charge in [0, 0.05) is 38.4 Å². The fourth-order valence-electron chi connectivity index (χ4n) is 5.06. The lowest BCUT2D eigenvalue weighted by Gasteiger charge is -2.38. The lowest BCUT2D eigenvalue weighted by atomic mass is 9.79. The first-order chi connectivity index (χ1) is 17.3. The number of likely N-dealkylation sites (N-methyl/N-ethyl adjacent to an activating group) is 1. The average Bonchev–Trinajstić information content (AvgIpc) is 3.40. The van der Waals surface area contributed by atoms with E-state index in [1.165, 1.54) is 13.5 Å². The van der Waals surface area contributed by atoms with E-state index in [0.717, 1.165) is 42.1 Å². The number of nitrogens with one attached hydrogen (secondary N) is 1. The molecule has 1 saturated carbocycles. The SMILES string of the molecule is CNC(=O)C(CCC=O)N1C(=O)c2ccc(N3CC(C#Cc4cnn(C5(C)CCC5)c4)C3)cc2C1=O. The summed E-state index contributed by atoms with van der Waals surface area (Å²) < 4.78 is 2.04. The number of benzene rings is 1. The number of imide groups is 1. The molecule has 0 radical (unpaired) electrons. The highest BCUT2D eigenvalue weighted by Crippen LogP contribution is 2.38. The van der Waals surface area contributed by atoms with Gasteiger partial charge in [0.1, 0.15) is 12.3 Å². The second kappa shape index (κ2) is 9.26. The van der Waals surface area contributed by atoms with Crippen molar-refractivity contribution < 1.29 is 19.2 Å². The van der Waals surface area contributed by atoms with Crippen LogP contribution in [-0.2, 0) is 15.1 Å². The van der Waals surface area contributed by atoms with Crippen LogP contribution in [0.25, 0.3) is 0 Å². The molecular formula is C27H29N5O4. The van der Waals surface area contributed by atoms with E-state index in [1.54, 1.807) is 12.1 Å². The van der Waals surface area contributed by atoms with E-state index in [-0.39, 0.29) is 35.4 Å². The third-order valence-corrected chi connectivity index (χ3v) is 7.55. The number of hydrogen-bond acceptors (Lipinski definition) is 6. The van der Waals surface area contributed by atoms with Gasteiger partial charge < -0.3 is 15.0 Å². The predicted molar refractivity (Wildman–Crippen MR) is 132 cm³/mol. The quantitative estimate of drug-likeness (QED) is 0.364. The minimum Gasteiger partial charge on any atom is -0.369 e. The number of carbonyl (C=O) groups excluding carboxylic acids is 4. The molecule has 1 aromatic heterocycles. The van der Waals surface area contributed by atoms with Crippen molar-refractivity contribution in [3.63, 3.8) is 0 Å². The Labute approximate surface area is 209 Å². The van der Waals surface area contributed by atoms with E-state index in [2.05, 4.69) is 34.1 Å². The smallest absolute Gasteiger partial charge is 0.262 e. The summed E-state index contributed by atoms with van der Waals surface area (Å²) in [5.74, 6) is 5.27. The molecule has 3 aliphatic rings. The normalized spacial score (nSPS) is 19.1. The molecule has 1 atom stereocenters. The third-order valence-electron chi connectivity index (χ3n) is 7.55. The Kier molecular flexibility index (Phi) is 6.12. The molecule has 36 heavy (non-hydrogen) atoms. The van der Waals surface area contributed by atoms with Crippen molar-refractivity contribution in [1.29, 1.82) is 0 Å². The molecule has 3 amide bonds. The summed E-state index contributed by atoms with van der Waals surface area (Å²) in [7, 11) is 1.44. The summed E-state index contributed by atoms with van der Waals surface area (Å²) in [6, 6.07) is 4.15. The maximum atomic E-state index is 13.1. The minimum atomic E-state index is -1.02. The van der Waals surface area contributed by atoms with Crippen LogP contribution in [0, 0.1) is 17.8 Å². The van der Waals surface area contributed by atoms with E-state index in [4.69, 9.17) is 0 Å². The van der Waals surface area contributed by atoms with Crippen molar-refractivity contribution in [3.05, 3.63) is 47.3 Å². The van der Waals surface area contributed by atoms with Crippen molar-refractivity contribution in [2.45, 2.75) is 50.6 Å². The summed E-state index contributed by atoms with van der Waals surface area (Å²) >= 11 is 0. The lowest BCUT2D eigenvalue weighted by Crippen LogP contribution is -2.48. The van der Waals surface area contributed by atoms with Crippen LogP contribution in [0.1, 0.15) is 65.3 Å². The number of aromatic nitrogens is 2. The van der Waals surface area contributed by atoms with Crippen molar-refractivity contribution in [2.24, 2.45) is 5.92 Å². The van der Waals surface area contributed by atoms with E-state index < -0.39 is 23.8 Å². The van der Waals surface area contributed by atoms with Gasteiger partial charge in [-0.05, 0) is 50.8 Å². The number of fused-ring (bicyclic) bond motifs is 1. The van der Waals surface area contributed by atoms with E-state index in [1.807, 2.05) is 23.1 Å². The number of amides is 3. The molecule has 2 aliphatic heterocycles. The topological polar surface area (TPSA) is 105 Å². The highest BCUT2D eigenvalue weighted by Gasteiger charge is 2.43. The van der Waals surface area contributed by atoms with E-state index in [9.17, 15) is 19.2 Å². The van der Waals surface area contributed by atoms with Crippen LogP contribution in [0.15, 0.2) is 30.6 Å². The van der Waals surface area contributed by atoms with Gasteiger partial charge in [-0.25, -0.2) is 0 Å². The maximum absolute atomic E-state index is 13.1. The van der Waals surface area contributed by atoms with Crippen molar-refractivity contribution in [3.8, 4) is 11.8 Å². The number of hydrogen-bond donors (Lipinski definition) is 1. The first kappa shape index (κ1) is 23.8. The molecule has 9 nitrogen and oxygen atoms in total. The first-order valence-corrected chi connectivity index (χ1v) is 12.3. The fourth-order valence-corrected chi connectivity index (χ4v) is 5.06. The average molecular weight is 488 g/mol. The Morgan fingerprint density at radius 1 is 1.25 bits per heavy atom. The molecule has 5 rings (SSSR count). The summed E-state index contributed by atoms with van der Waals surface area (Å²) in [4.78, 5) is 52.4. The zero-order valence-corrected chi connectivity index (χ0v) is 20.5. The molecule has 1 unspecified atom stereocenters. The third kappa shape index (κ3) is 4.06. The molecule has 186 valence electrons. The van der Waals surface area contributed by atoms with Gasteiger partial charge in [0.2, 0.25) is 5.91 Å². The van der Waals surface area contributed by atoms with Crippen molar-refractivity contribution in [1.82, 2.24) is 20.0 Å². The van der Waals surface area contributed by atoms with Gasteiger partial charge in [-0.1, -0.05) is 11.8 Å². The van der Waals surface area contributed by atoms with E-state index in [0.29, 0.717) is 6.29 Å². The molecule has 2 aromatic rings. The molecule has 9 heteroatoms. The van der Waals surface area contributed by atoms with Gasteiger partial charge in [0.15, 0.2) is 0 Å². The Morgan fingerprint density at radius 2 is 2.00 bits per heavy atom. The molecule has 3 heterocycles. The summed E-state index contributed by atoms with van der Waals surface area (Å²) in [6.07, 6.45) is 8.23. The summed E-state index contributed by atoms with van der Waals surface area (Å²) in [5.41, 5.74) is 2.44. The number of carbonyl (C=O) groups is 4.